The molecule has 1 heterocycles. The van der Waals surface area contributed by atoms with E-state index in [0.29, 0.717) is 17.4 Å². The molecular weight excluding hydrogens is 318 g/mol. The molecule has 7 nitrogen and oxygen atoms in total. The van der Waals surface area contributed by atoms with Crippen LogP contribution in [0.2, 0.25) is 5.02 Å². The van der Waals surface area contributed by atoms with Gasteiger partial charge in [0.05, 0.1) is 6.33 Å². The average molecular weight is 336 g/mol. The van der Waals surface area contributed by atoms with Gasteiger partial charge in [-0.2, -0.15) is 0 Å². The minimum absolute atomic E-state index is 0.333. The first-order valence-corrected chi connectivity index (χ1v) is 7.57. The quantitative estimate of drug-likeness (QED) is 0.277. The maximum absolute atomic E-state index is 10.8. The Morgan fingerprint density at radius 2 is 2.17 bits per heavy atom. The lowest BCUT2D eigenvalue weighted by Gasteiger charge is -2.08. The van der Waals surface area contributed by atoms with E-state index in [9.17, 15) is 10.1 Å². The smallest absolute Gasteiger partial charge is 0.260 e. The van der Waals surface area contributed by atoms with Gasteiger partial charge in [0.1, 0.15) is 0 Å². The van der Waals surface area contributed by atoms with Crippen molar-refractivity contribution in [3.63, 3.8) is 0 Å². The summed E-state index contributed by atoms with van der Waals surface area (Å²) in [6.07, 6.45) is 4.34. The Bertz CT molecular complexity index is 681. The molecule has 2 rings (SSSR count). The van der Waals surface area contributed by atoms with Crippen LogP contribution >= 0.6 is 11.6 Å². The van der Waals surface area contributed by atoms with E-state index in [0.717, 1.165) is 24.3 Å². The summed E-state index contributed by atoms with van der Waals surface area (Å²) in [5, 5.41) is 14.4. The minimum Gasteiger partial charge on any atom is -0.339 e. The van der Waals surface area contributed by atoms with Gasteiger partial charge < -0.3 is 9.88 Å². The molecule has 0 radical (unpaired) electrons. The second-order valence-corrected chi connectivity index (χ2v) is 5.47. The van der Waals surface area contributed by atoms with Crippen molar-refractivity contribution < 1.29 is 4.92 Å². The molecule has 8 heteroatoms. The lowest BCUT2D eigenvalue weighted by Crippen LogP contribution is -2.23. The van der Waals surface area contributed by atoms with Crippen molar-refractivity contribution in [1.29, 1.82) is 0 Å². The van der Waals surface area contributed by atoms with Crippen molar-refractivity contribution in [2.45, 2.75) is 19.9 Å². The molecule has 0 fully saturated rings. The number of anilines is 1. The van der Waals surface area contributed by atoms with Crippen molar-refractivity contribution >= 4 is 23.1 Å². The Kier molecular flexibility index (Phi) is 6.10. The number of hydrogen-bond acceptors (Lipinski definition) is 4. The Hall–Kier alpha value is -2.41. The molecule has 0 bridgehead atoms. The van der Waals surface area contributed by atoms with Crippen molar-refractivity contribution in [3.8, 4) is 0 Å². The van der Waals surface area contributed by atoms with Gasteiger partial charge in [-0.25, -0.2) is 4.98 Å². The third kappa shape index (κ3) is 5.71. The average Bonchev–Trinajstić information content (AvgIpc) is 2.90. The molecule has 0 aliphatic heterocycles. The van der Waals surface area contributed by atoms with Crippen LogP contribution in [0, 0.1) is 17.0 Å². The fraction of sp³-hybridized carbons (Fsp3) is 0.333. The number of aliphatic imine (C=N–C) groups is 1. The van der Waals surface area contributed by atoms with Crippen LogP contribution in [0.5, 0.6) is 0 Å². The molecule has 0 aliphatic rings. The van der Waals surface area contributed by atoms with Crippen LogP contribution < -0.4 is 5.32 Å². The minimum atomic E-state index is -0.401. The first-order chi connectivity index (χ1) is 11.0. The predicted octanol–water partition coefficient (Wildman–Crippen LogP) is 3.02. The van der Waals surface area contributed by atoms with Crippen LogP contribution in [0.15, 0.2) is 41.8 Å². The molecule has 2 aromatic rings. The highest BCUT2D eigenvalue weighted by Gasteiger charge is 2.08. The Morgan fingerprint density at radius 1 is 1.43 bits per heavy atom. The van der Waals surface area contributed by atoms with Gasteiger partial charge in [0.25, 0.3) is 6.54 Å². The number of benzene rings is 1. The lowest BCUT2D eigenvalue weighted by molar-refractivity contribution is -0.463. The van der Waals surface area contributed by atoms with Crippen LogP contribution in [0.3, 0.4) is 0 Å². The number of nitro groups is 1. The zero-order chi connectivity index (χ0) is 16.7. The van der Waals surface area contributed by atoms with E-state index in [-0.39, 0.29) is 6.54 Å². The highest BCUT2D eigenvalue weighted by Crippen LogP contribution is 2.13. The van der Waals surface area contributed by atoms with Crippen molar-refractivity contribution in [2.24, 2.45) is 4.99 Å². The van der Waals surface area contributed by atoms with Gasteiger partial charge in [-0.1, -0.05) is 11.6 Å². The maximum atomic E-state index is 10.8. The molecule has 1 N–H and O–H groups in total. The fourth-order valence-electron chi connectivity index (χ4n) is 2.03. The van der Waals surface area contributed by atoms with E-state index in [4.69, 9.17) is 11.6 Å². The lowest BCUT2D eigenvalue weighted by atomic mass is 10.3. The molecule has 1 aromatic carbocycles. The zero-order valence-electron chi connectivity index (χ0n) is 12.8. The van der Waals surface area contributed by atoms with E-state index >= 15 is 0 Å². The topological polar surface area (TPSA) is 85.3 Å². The number of nitrogens with one attached hydrogen (secondary N) is 1. The summed E-state index contributed by atoms with van der Waals surface area (Å²) < 4.78 is 2.02. The van der Waals surface area contributed by atoms with Gasteiger partial charge in [-0.15, -0.1) is 0 Å². The van der Waals surface area contributed by atoms with Crippen LogP contribution in [0.25, 0.3) is 0 Å². The zero-order valence-corrected chi connectivity index (χ0v) is 13.5. The molecule has 0 atom stereocenters. The number of nitrogens with zero attached hydrogens (tertiary/aromatic N) is 4. The number of aromatic nitrogens is 2. The molecule has 122 valence electrons. The molecule has 0 aliphatic carbocycles. The van der Waals surface area contributed by atoms with Crippen molar-refractivity contribution in [2.75, 3.05) is 18.4 Å². The SMILES string of the molecule is Cc1cncn1CCCN=C(C[N+](=O)[O-])Nc1ccc(Cl)cc1. The van der Waals surface area contributed by atoms with Crippen LogP contribution in [0.1, 0.15) is 12.1 Å². The Morgan fingerprint density at radius 3 is 2.78 bits per heavy atom. The monoisotopic (exact) mass is 335 g/mol. The van der Waals surface area contributed by atoms with Gasteiger partial charge in [0.2, 0.25) is 0 Å². The highest BCUT2D eigenvalue weighted by atomic mass is 35.5. The second-order valence-electron chi connectivity index (χ2n) is 5.03. The molecule has 0 saturated carbocycles. The number of amidine groups is 1. The molecule has 1 aromatic heterocycles. The third-order valence-electron chi connectivity index (χ3n) is 3.19. The van der Waals surface area contributed by atoms with Crippen LogP contribution in [0.4, 0.5) is 5.69 Å². The summed E-state index contributed by atoms with van der Waals surface area (Å²) in [6.45, 7) is 2.92. The number of rotatable bonds is 7. The third-order valence-corrected chi connectivity index (χ3v) is 3.44. The van der Waals surface area contributed by atoms with Crippen LogP contribution in [-0.2, 0) is 6.54 Å². The van der Waals surface area contributed by atoms with Gasteiger partial charge in [-0.05, 0) is 37.6 Å². The normalized spacial score (nSPS) is 11.5. The first kappa shape index (κ1) is 17.0. The number of hydrogen-bond donors (Lipinski definition) is 1. The van der Waals surface area contributed by atoms with E-state index in [2.05, 4.69) is 15.3 Å². The van der Waals surface area contributed by atoms with Gasteiger partial charge in [-0.3, -0.25) is 15.1 Å². The number of halogens is 1. The van der Waals surface area contributed by atoms with Gasteiger partial charge >= 0.3 is 0 Å². The summed E-state index contributed by atoms with van der Waals surface area (Å²) >= 11 is 5.82. The molecule has 0 spiro atoms. The number of aryl methyl sites for hydroxylation is 2. The fourth-order valence-corrected chi connectivity index (χ4v) is 2.15. The van der Waals surface area contributed by atoms with E-state index < -0.39 is 4.92 Å². The first-order valence-electron chi connectivity index (χ1n) is 7.19. The summed E-state index contributed by atoms with van der Waals surface area (Å²) in [6, 6.07) is 6.95. The second kappa shape index (κ2) is 8.28. The maximum Gasteiger partial charge on any atom is 0.260 e. The number of imidazole rings is 1. The summed E-state index contributed by atoms with van der Waals surface area (Å²) in [7, 11) is 0. The van der Waals surface area contributed by atoms with Crippen LogP contribution in [-0.4, -0.2) is 33.4 Å². The highest BCUT2D eigenvalue weighted by molar-refractivity contribution is 6.30. The van der Waals surface area contributed by atoms with E-state index in [1.165, 1.54) is 0 Å². The van der Waals surface area contributed by atoms with Gasteiger partial charge in [0, 0.05) is 40.6 Å². The Balaban J connectivity index is 1.92. The van der Waals surface area contributed by atoms with Gasteiger partial charge in [0.15, 0.2) is 5.84 Å². The molecule has 23 heavy (non-hydrogen) atoms. The largest absolute Gasteiger partial charge is 0.339 e. The van der Waals surface area contributed by atoms with E-state index in [1.54, 1.807) is 36.8 Å². The predicted molar refractivity (Wildman–Crippen MR) is 90.8 cm³/mol. The molecular formula is C15H18ClN5O2. The summed E-state index contributed by atoms with van der Waals surface area (Å²) in [5.74, 6) is 0.333. The summed E-state index contributed by atoms with van der Waals surface area (Å²) in [4.78, 5) is 18.7. The summed E-state index contributed by atoms with van der Waals surface area (Å²) in [5.41, 5.74) is 1.80. The molecule has 0 amide bonds. The molecule has 0 saturated heterocycles. The van der Waals surface area contributed by atoms with Crippen molar-refractivity contribution in [3.05, 3.63) is 57.6 Å². The Labute approximate surface area is 139 Å². The molecule has 0 unspecified atom stereocenters. The van der Waals surface area contributed by atoms with E-state index in [1.807, 2.05) is 11.5 Å². The van der Waals surface area contributed by atoms with Crippen molar-refractivity contribution in [1.82, 2.24) is 9.55 Å². The standard InChI is InChI=1S/C15H18ClN5O2/c1-12-9-17-11-20(12)8-2-7-18-15(10-21(22)23)19-14-5-3-13(16)4-6-14/h3-6,9,11H,2,7-8,10H2,1H3,(H,18,19).